The summed E-state index contributed by atoms with van der Waals surface area (Å²) in [6.07, 6.45) is 0.852. The van der Waals surface area contributed by atoms with Gasteiger partial charge < -0.3 is 14.3 Å². The number of anilines is 1. The van der Waals surface area contributed by atoms with Gasteiger partial charge in [0.25, 0.3) is 5.91 Å². The van der Waals surface area contributed by atoms with Gasteiger partial charge in [0.1, 0.15) is 6.17 Å². The number of aromatic nitrogens is 5. The van der Waals surface area contributed by atoms with Gasteiger partial charge in [-0.2, -0.15) is 19.7 Å². The van der Waals surface area contributed by atoms with Gasteiger partial charge in [-0.05, 0) is 44.9 Å². The molecule has 0 saturated heterocycles. The van der Waals surface area contributed by atoms with E-state index in [1.807, 2.05) is 39.0 Å². The second-order valence-electron chi connectivity index (χ2n) is 7.64. The molecule has 4 aromatic rings. The monoisotopic (exact) mass is 422 g/mol. The Hall–Kier alpha value is -3.82. The molecular weight excluding hydrogens is 403 g/mol. The van der Waals surface area contributed by atoms with Gasteiger partial charge >= 0.3 is 6.01 Å². The van der Waals surface area contributed by atoms with Crippen LogP contribution in [0.1, 0.15) is 45.7 Å². The van der Waals surface area contributed by atoms with Crippen LogP contribution in [-0.2, 0) is 0 Å². The molecule has 2 atom stereocenters. The average molecular weight is 422 g/mol. The summed E-state index contributed by atoms with van der Waals surface area (Å²) in [4.78, 5) is 21.2. The van der Waals surface area contributed by atoms with Crippen molar-refractivity contribution < 1.29 is 18.1 Å². The number of carbonyl (C=O) groups is 1. The molecule has 1 amide bonds. The van der Waals surface area contributed by atoms with E-state index in [0.29, 0.717) is 29.4 Å². The molecule has 1 saturated carbocycles. The topological polar surface area (TPSA) is 112 Å². The van der Waals surface area contributed by atoms with E-state index in [9.17, 15) is 9.18 Å². The van der Waals surface area contributed by atoms with Crippen molar-refractivity contribution in [1.29, 1.82) is 0 Å². The Balaban J connectivity index is 1.36. The lowest BCUT2D eigenvalue weighted by Crippen LogP contribution is -2.12. The Morgan fingerprint density at radius 1 is 1.26 bits per heavy atom. The van der Waals surface area contributed by atoms with Gasteiger partial charge in [0.05, 0.1) is 17.8 Å². The lowest BCUT2D eigenvalue weighted by molar-refractivity contribution is 0.0996. The zero-order chi connectivity index (χ0) is 21.7. The highest BCUT2D eigenvalue weighted by molar-refractivity contribution is 6.02. The highest BCUT2D eigenvalue weighted by Crippen LogP contribution is 2.43. The van der Waals surface area contributed by atoms with Crippen LogP contribution in [0.3, 0.4) is 0 Å². The van der Waals surface area contributed by atoms with E-state index in [2.05, 4.69) is 25.5 Å². The van der Waals surface area contributed by atoms with Crippen molar-refractivity contribution in [2.45, 2.75) is 39.3 Å². The van der Waals surface area contributed by atoms with Gasteiger partial charge in [-0.25, -0.2) is 4.39 Å². The fourth-order valence-electron chi connectivity index (χ4n) is 3.29. The molecule has 0 radical (unpaired) electrons. The molecule has 3 heterocycles. The second-order valence-corrected chi connectivity index (χ2v) is 7.64. The van der Waals surface area contributed by atoms with Gasteiger partial charge in [-0.1, -0.05) is 17.3 Å². The SMILES string of the molecule is Cc1cc(C)n(-c2ncc(C(=O)Nc3cc(-c4noc([C@H]5C[C@@H]5F)n4)ccc3C)o2)n1. The van der Waals surface area contributed by atoms with Crippen LogP contribution in [0.2, 0.25) is 0 Å². The molecule has 1 aliphatic rings. The van der Waals surface area contributed by atoms with Gasteiger partial charge in [0.15, 0.2) is 0 Å². The molecular formula is C21H19FN6O3. The molecule has 1 aromatic carbocycles. The third kappa shape index (κ3) is 3.60. The van der Waals surface area contributed by atoms with Crippen LogP contribution in [0.25, 0.3) is 17.4 Å². The quantitative estimate of drug-likeness (QED) is 0.519. The third-order valence-corrected chi connectivity index (χ3v) is 5.12. The van der Waals surface area contributed by atoms with Gasteiger partial charge in [-0.15, -0.1) is 0 Å². The van der Waals surface area contributed by atoms with Crippen LogP contribution >= 0.6 is 0 Å². The average Bonchev–Trinajstić information content (AvgIpc) is 3.16. The Labute approximate surface area is 176 Å². The molecule has 0 unspecified atom stereocenters. The lowest BCUT2D eigenvalue weighted by atomic mass is 10.1. The van der Waals surface area contributed by atoms with Crippen LogP contribution in [0.4, 0.5) is 10.1 Å². The normalized spacial score (nSPS) is 17.7. The van der Waals surface area contributed by atoms with Crippen molar-refractivity contribution >= 4 is 11.6 Å². The van der Waals surface area contributed by atoms with Crippen LogP contribution in [-0.4, -0.2) is 37.0 Å². The first kappa shape index (κ1) is 19.2. The maximum absolute atomic E-state index is 13.2. The molecule has 31 heavy (non-hydrogen) atoms. The van der Waals surface area contributed by atoms with E-state index in [4.69, 9.17) is 8.94 Å². The molecule has 1 fully saturated rings. The highest BCUT2D eigenvalue weighted by Gasteiger charge is 2.43. The number of oxazole rings is 1. The van der Waals surface area contributed by atoms with E-state index < -0.39 is 12.1 Å². The summed E-state index contributed by atoms with van der Waals surface area (Å²) >= 11 is 0. The summed E-state index contributed by atoms with van der Waals surface area (Å²) < 4.78 is 25.5. The summed E-state index contributed by atoms with van der Waals surface area (Å²) in [6.45, 7) is 5.60. The van der Waals surface area contributed by atoms with Gasteiger partial charge in [0.2, 0.25) is 17.5 Å². The van der Waals surface area contributed by atoms with E-state index in [-0.39, 0.29) is 17.7 Å². The van der Waals surface area contributed by atoms with Crippen LogP contribution < -0.4 is 5.32 Å². The Bertz CT molecular complexity index is 1290. The number of hydrogen-bond acceptors (Lipinski definition) is 7. The molecule has 3 aromatic heterocycles. The van der Waals surface area contributed by atoms with E-state index in [0.717, 1.165) is 17.0 Å². The Morgan fingerprint density at radius 3 is 2.77 bits per heavy atom. The van der Waals surface area contributed by atoms with E-state index in [1.165, 1.54) is 10.9 Å². The van der Waals surface area contributed by atoms with Crippen LogP contribution in [0.5, 0.6) is 0 Å². The molecule has 1 N–H and O–H groups in total. The zero-order valence-electron chi connectivity index (χ0n) is 17.1. The molecule has 5 rings (SSSR count). The molecule has 9 nitrogen and oxygen atoms in total. The first-order chi connectivity index (χ1) is 14.9. The van der Waals surface area contributed by atoms with Gasteiger partial charge in [0, 0.05) is 16.9 Å². The standard InChI is InChI=1S/C21H19FN6O3/c1-10-4-5-13(18-25-20(31-27-18)14-8-15(14)22)7-16(10)24-19(29)17-9-23-21(30-17)28-12(3)6-11(2)26-28/h4-7,9,14-15H,8H2,1-3H3,(H,24,29)/t14-,15-/m0/s1. The van der Waals surface area contributed by atoms with Crippen molar-refractivity contribution in [1.82, 2.24) is 24.9 Å². The minimum absolute atomic E-state index is 0.0527. The maximum Gasteiger partial charge on any atom is 0.323 e. The number of alkyl halides is 1. The van der Waals surface area contributed by atoms with Crippen LogP contribution in [0.15, 0.2) is 39.4 Å². The van der Waals surface area contributed by atoms with E-state index in [1.54, 1.807) is 6.07 Å². The van der Waals surface area contributed by atoms with Crippen molar-refractivity contribution in [2.24, 2.45) is 0 Å². The van der Waals surface area contributed by atoms with Crippen molar-refractivity contribution in [3.05, 3.63) is 59.1 Å². The molecule has 158 valence electrons. The number of hydrogen-bond donors (Lipinski definition) is 1. The molecule has 0 aliphatic heterocycles. The molecule has 0 bridgehead atoms. The third-order valence-electron chi connectivity index (χ3n) is 5.12. The maximum atomic E-state index is 13.2. The lowest BCUT2D eigenvalue weighted by Gasteiger charge is -2.08. The van der Waals surface area contributed by atoms with Gasteiger partial charge in [-0.3, -0.25) is 4.79 Å². The summed E-state index contributed by atoms with van der Waals surface area (Å²) in [5.74, 6) is -0.0682. The first-order valence-corrected chi connectivity index (χ1v) is 9.78. The number of amides is 1. The summed E-state index contributed by atoms with van der Waals surface area (Å²) in [5.41, 5.74) is 3.72. The smallest absolute Gasteiger partial charge is 0.323 e. The largest absolute Gasteiger partial charge is 0.417 e. The summed E-state index contributed by atoms with van der Waals surface area (Å²) in [5, 5.41) is 11.1. The Morgan fingerprint density at radius 2 is 2.06 bits per heavy atom. The molecule has 10 heteroatoms. The Kier molecular flexibility index (Phi) is 4.42. The van der Waals surface area contributed by atoms with Crippen molar-refractivity contribution in [3.63, 3.8) is 0 Å². The number of carbonyl (C=O) groups excluding carboxylic acids is 1. The second kappa shape index (κ2) is 7.15. The predicted molar refractivity (Wildman–Crippen MR) is 108 cm³/mol. The molecule has 0 spiro atoms. The number of benzene rings is 1. The predicted octanol–water partition coefficient (Wildman–Crippen LogP) is 3.91. The van der Waals surface area contributed by atoms with Crippen molar-refractivity contribution in [3.8, 4) is 17.4 Å². The fraction of sp³-hybridized carbons (Fsp3) is 0.286. The minimum atomic E-state index is -0.914. The minimum Gasteiger partial charge on any atom is -0.417 e. The number of nitrogens with zero attached hydrogens (tertiary/aromatic N) is 5. The zero-order valence-corrected chi connectivity index (χ0v) is 17.1. The first-order valence-electron chi connectivity index (χ1n) is 9.78. The number of halogens is 1. The van der Waals surface area contributed by atoms with Crippen LogP contribution in [0, 0.1) is 20.8 Å². The highest BCUT2D eigenvalue weighted by atomic mass is 19.1. The summed E-state index contributed by atoms with van der Waals surface area (Å²) in [7, 11) is 0. The fourth-order valence-corrected chi connectivity index (χ4v) is 3.29. The molecule has 1 aliphatic carbocycles. The van der Waals surface area contributed by atoms with Crippen molar-refractivity contribution in [2.75, 3.05) is 5.32 Å². The van der Waals surface area contributed by atoms with E-state index >= 15 is 0 Å². The number of nitrogens with one attached hydrogen (secondary N) is 1. The number of aryl methyl sites for hydroxylation is 3. The summed E-state index contributed by atoms with van der Waals surface area (Å²) in [6, 6.07) is 7.48. The number of rotatable bonds is 5.